The zero-order valence-corrected chi connectivity index (χ0v) is 11.9. The maximum absolute atomic E-state index is 13.8. The lowest BCUT2D eigenvalue weighted by Gasteiger charge is -2.16. The second-order valence-corrected chi connectivity index (χ2v) is 4.74. The first-order valence-electron chi connectivity index (χ1n) is 6.06. The van der Waals surface area contributed by atoms with Gasteiger partial charge in [0.05, 0.1) is 36.1 Å². The van der Waals surface area contributed by atoms with Gasteiger partial charge >= 0.3 is 0 Å². The first-order valence-corrected chi connectivity index (χ1v) is 6.44. The summed E-state index contributed by atoms with van der Waals surface area (Å²) in [6.45, 7) is 0.690. The van der Waals surface area contributed by atoms with Crippen molar-refractivity contribution in [2.75, 3.05) is 13.7 Å². The zero-order chi connectivity index (χ0) is 15.6. The molecule has 1 unspecified atom stereocenters. The number of benzene rings is 1. The summed E-state index contributed by atoms with van der Waals surface area (Å²) < 4.78 is 46.5. The van der Waals surface area contributed by atoms with Crippen molar-refractivity contribution >= 4 is 11.6 Å². The summed E-state index contributed by atoms with van der Waals surface area (Å²) >= 11 is 6.00. The number of ether oxygens (including phenoxy) is 1. The van der Waals surface area contributed by atoms with E-state index in [0.717, 1.165) is 12.1 Å². The monoisotopic (exact) mass is 319 g/mol. The third-order valence-corrected chi connectivity index (χ3v) is 3.33. The Bertz CT molecular complexity index is 648. The Morgan fingerprint density at radius 1 is 1.33 bits per heavy atom. The van der Waals surface area contributed by atoms with Crippen LogP contribution in [0.5, 0.6) is 0 Å². The Balaban J connectivity index is 2.43. The van der Waals surface area contributed by atoms with E-state index < -0.39 is 23.5 Å². The minimum Gasteiger partial charge on any atom is -0.383 e. The third-order valence-electron chi connectivity index (χ3n) is 3.04. The predicted octanol–water partition coefficient (Wildman–Crippen LogP) is 2.65. The number of nitrogens with two attached hydrogens (primary N) is 1. The summed E-state index contributed by atoms with van der Waals surface area (Å²) in [5.41, 5.74) is 6.04. The van der Waals surface area contributed by atoms with E-state index >= 15 is 0 Å². The fraction of sp³-hybridized carbons (Fsp3) is 0.308. The van der Waals surface area contributed by atoms with Crippen molar-refractivity contribution in [2.24, 2.45) is 5.73 Å². The zero-order valence-electron chi connectivity index (χ0n) is 11.1. The van der Waals surface area contributed by atoms with Gasteiger partial charge in [-0.3, -0.25) is 4.68 Å². The molecular weight excluding hydrogens is 307 g/mol. The molecule has 0 saturated heterocycles. The van der Waals surface area contributed by atoms with Crippen molar-refractivity contribution in [3.05, 3.63) is 52.1 Å². The second-order valence-electron chi connectivity index (χ2n) is 4.34. The van der Waals surface area contributed by atoms with Crippen LogP contribution < -0.4 is 5.73 Å². The van der Waals surface area contributed by atoms with Crippen LogP contribution in [0.15, 0.2) is 18.3 Å². The maximum Gasteiger partial charge on any atom is 0.194 e. The van der Waals surface area contributed by atoms with Crippen molar-refractivity contribution in [3.8, 4) is 0 Å². The fourth-order valence-corrected chi connectivity index (χ4v) is 2.22. The molecule has 1 heterocycles. The molecule has 0 fully saturated rings. The van der Waals surface area contributed by atoms with Gasteiger partial charge in [0.1, 0.15) is 0 Å². The standard InChI is InChI=1S/C13H13ClF3N3O/c1-21-5-4-20-13(8(14)6-19-20)12(18)7-2-3-9(15)11(17)10(7)16/h2-3,6,12H,4-5,18H2,1H3. The highest BCUT2D eigenvalue weighted by Crippen LogP contribution is 2.29. The van der Waals surface area contributed by atoms with E-state index in [9.17, 15) is 13.2 Å². The summed E-state index contributed by atoms with van der Waals surface area (Å²) in [4.78, 5) is 0. The van der Waals surface area contributed by atoms with Crippen molar-refractivity contribution in [3.63, 3.8) is 0 Å². The lowest BCUT2D eigenvalue weighted by atomic mass is 10.0. The van der Waals surface area contributed by atoms with E-state index in [1.807, 2.05) is 0 Å². The van der Waals surface area contributed by atoms with Crippen LogP contribution in [0, 0.1) is 17.5 Å². The number of halogens is 4. The van der Waals surface area contributed by atoms with Crippen LogP contribution in [-0.4, -0.2) is 23.5 Å². The Kier molecular flexibility index (Phi) is 4.87. The number of rotatable bonds is 5. The molecule has 1 aromatic heterocycles. The number of hydrogen-bond acceptors (Lipinski definition) is 3. The van der Waals surface area contributed by atoms with Gasteiger partial charge in [-0.15, -0.1) is 0 Å². The van der Waals surface area contributed by atoms with E-state index in [1.165, 1.54) is 18.0 Å². The summed E-state index contributed by atoms with van der Waals surface area (Å²) in [7, 11) is 1.51. The van der Waals surface area contributed by atoms with Crippen LogP contribution >= 0.6 is 11.6 Å². The number of aromatic nitrogens is 2. The normalized spacial score (nSPS) is 12.7. The topological polar surface area (TPSA) is 53.1 Å². The molecule has 8 heteroatoms. The Labute approximate surface area is 124 Å². The molecule has 2 aromatic rings. The van der Waals surface area contributed by atoms with Gasteiger partial charge in [-0.1, -0.05) is 17.7 Å². The molecule has 1 atom stereocenters. The SMILES string of the molecule is COCCn1ncc(Cl)c1C(N)c1ccc(F)c(F)c1F. The molecule has 21 heavy (non-hydrogen) atoms. The predicted molar refractivity (Wildman–Crippen MR) is 71.5 cm³/mol. The van der Waals surface area contributed by atoms with Gasteiger partial charge in [-0.25, -0.2) is 13.2 Å². The minimum atomic E-state index is -1.57. The molecule has 0 amide bonds. The minimum absolute atomic E-state index is 0.199. The second kappa shape index (κ2) is 6.46. The third kappa shape index (κ3) is 3.04. The number of methoxy groups -OCH3 is 1. The van der Waals surface area contributed by atoms with Crippen molar-refractivity contribution in [2.45, 2.75) is 12.6 Å². The van der Waals surface area contributed by atoms with Crippen LogP contribution in [0.3, 0.4) is 0 Å². The quantitative estimate of drug-likeness (QED) is 0.862. The van der Waals surface area contributed by atoms with E-state index in [-0.39, 0.29) is 10.6 Å². The van der Waals surface area contributed by atoms with Crippen LogP contribution in [-0.2, 0) is 11.3 Å². The maximum atomic E-state index is 13.8. The van der Waals surface area contributed by atoms with E-state index in [4.69, 9.17) is 22.1 Å². The molecule has 4 nitrogen and oxygen atoms in total. The summed E-state index contributed by atoms with van der Waals surface area (Å²) in [6, 6.07) is 0.826. The van der Waals surface area contributed by atoms with Gasteiger partial charge < -0.3 is 10.5 Å². The number of nitrogens with zero attached hydrogens (tertiary/aromatic N) is 2. The van der Waals surface area contributed by atoms with Gasteiger partial charge in [-0.2, -0.15) is 5.10 Å². The van der Waals surface area contributed by atoms with Crippen LogP contribution in [0.4, 0.5) is 13.2 Å². The molecule has 114 valence electrons. The van der Waals surface area contributed by atoms with Gasteiger partial charge in [0.2, 0.25) is 0 Å². The van der Waals surface area contributed by atoms with Gasteiger partial charge in [-0.05, 0) is 6.07 Å². The highest BCUT2D eigenvalue weighted by Gasteiger charge is 2.24. The van der Waals surface area contributed by atoms with Gasteiger partial charge in [0.25, 0.3) is 0 Å². The van der Waals surface area contributed by atoms with E-state index in [2.05, 4.69) is 5.10 Å². The summed E-state index contributed by atoms with van der Waals surface area (Å²) in [6.07, 6.45) is 1.35. The van der Waals surface area contributed by atoms with Crippen LogP contribution in [0.25, 0.3) is 0 Å². The highest BCUT2D eigenvalue weighted by molar-refractivity contribution is 6.31. The summed E-state index contributed by atoms with van der Waals surface area (Å²) in [5.74, 6) is -4.18. The number of hydrogen-bond donors (Lipinski definition) is 1. The Hall–Kier alpha value is -1.57. The average Bonchev–Trinajstić information content (AvgIpc) is 2.83. The van der Waals surface area contributed by atoms with Crippen molar-refractivity contribution in [1.82, 2.24) is 9.78 Å². The molecule has 0 saturated carbocycles. The molecule has 0 aliphatic carbocycles. The molecular formula is C13H13ClF3N3O. The van der Waals surface area contributed by atoms with Crippen molar-refractivity contribution < 1.29 is 17.9 Å². The van der Waals surface area contributed by atoms with Gasteiger partial charge in [0, 0.05) is 12.7 Å². The molecule has 0 radical (unpaired) electrons. The molecule has 2 N–H and O–H groups in total. The van der Waals surface area contributed by atoms with E-state index in [0.29, 0.717) is 18.8 Å². The fourth-order valence-electron chi connectivity index (χ4n) is 1.97. The Morgan fingerprint density at radius 3 is 2.71 bits per heavy atom. The van der Waals surface area contributed by atoms with E-state index in [1.54, 1.807) is 0 Å². The largest absolute Gasteiger partial charge is 0.383 e. The van der Waals surface area contributed by atoms with Gasteiger partial charge in [0.15, 0.2) is 17.5 Å². The molecule has 0 aliphatic rings. The molecule has 1 aromatic carbocycles. The molecule has 0 bridgehead atoms. The lowest BCUT2D eigenvalue weighted by molar-refractivity contribution is 0.182. The Morgan fingerprint density at radius 2 is 2.05 bits per heavy atom. The molecule has 0 aliphatic heterocycles. The molecule has 0 spiro atoms. The van der Waals surface area contributed by atoms with Crippen molar-refractivity contribution in [1.29, 1.82) is 0 Å². The van der Waals surface area contributed by atoms with Crippen LogP contribution in [0.1, 0.15) is 17.3 Å². The van der Waals surface area contributed by atoms with Crippen LogP contribution in [0.2, 0.25) is 5.02 Å². The lowest BCUT2D eigenvalue weighted by Crippen LogP contribution is -2.21. The smallest absolute Gasteiger partial charge is 0.194 e. The first kappa shape index (κ1) is 15.8. The first-order chi connectivity index (χ1) is 9.97. The molecule has 2 rings (SSSR count). The average molecular weight is 320 g/mol. The summed E-state index contributed by atoms with van der Waals surface area (Å²) in [5, 5.41) is 4.21. The highest BCUT2D eigenvalue weighted by atomic mass is 35.5.